The van der Waals surface area contributed by atoms with E-state index in [4.69, 9.17) is 4.74 Å². The minimum absolute atomic E-state index is 0.352. The zero-order valence-corrected chi connectivity index (χ0v) is 12.2. The van der Waals surface area contributed by atoms with Crippen molar-refractivity contribution in [3.8, 4) is 11.5 Å². The molecule has 0 saturated carbocycles. The van der Waals surface area contributed by atoms with E-state index >= 15 is 0 Å². The molecule has 3 heteroatoms. The summed E-state index contributed by atoms with van der Waals surface area (Å²) in [7, 11) is 0. The lowest BCUT2D eigenvalue weighted by Gasteiger charge is -2.14. The molecule has 0 radical (unpaired) electrons. The highest BCUT2D eigenvalue weighted by Crippen LogP contribution is 2.28. The molecule has 0 unspecified atom stereocenters. The summed E-state index contributed by atoms with van der Waals surface area (Å²) >= 11 is 0. The molecule has 0 atom stereocenters. The standard InChI is InChI=1S/C17H21NO2/c1-4-20-16-10-12(2)8-9-15(16)18-11-14-7-5-6-13(3)17(14)19/h5-10,18-19H,4,11H2,1-3H3. The van der Waals surface area contributed by atoms with Gasteiger partial charge in [0.2, 0.25) is 0 Å². The Labute approximate surface area is 120 Å². The lowest BCUT2D eigenvalue weighted by Crippen LogP contribution is -2.03. The fourth-order valence-corrected chi connectivity index (χ4v) is 2.10. The van der Waals surface area contributed by atoms with Crippen molar-refractivity contribution >= 4 is 5.69 Å². The summed E-state index contributed by atoms with van der Waals surface area (Å²) in [6, 6.07) is 11.8. The quantitative estimate of drug-likeness (QED) is 0.863. The van der Waals surface area contributed by atoms with E-state index in [2.05, 4.69) is 5.32 Å². The van der Waals surface area contributed by atoms with Gasteiger partial charge in [-0.2, -0.15) is 0 Å². The van der Waals surface area contributed by atoms with Crippen LogP contribution in [0.15, 0.2) is 36.4 Å². The van der Waals surface area contributed by atoms with E-state index in [-0.39, 0.29) is 0 Å². The summed E-state index contributed by atoms with van der Waals surface area (Å²) in [5.74, 6) is 1.20. The van der Waals surface area contributed by atoms with Crippen molar-refractivity contribution in [1.82, 2.24) is 0 Å². The highest BCUT2D eigenvalue weighted by atomic mass is 16.5. The summed E-state index contributed by atoms with van der Waals surface area (Å²) in [5.41, 5.74) is 3.88. The molecule has 3 nitrogen and oxygen atoms in total. The molecule has 0 aliphatic heterocycles. The van der Waals surface area contributed by atoms with Crippen molar-refractivity contribution in [3.63, 3.8) is 0 Å². The average molecular weight is 271 g/mol. The van der Waals surface area contributed by atoms with E-state index < -0.39 is 0 Å². The van der Waals surface area contributed by atoms with Gasteiger partial charge in [-0.3, -0.25) is 0 Å². The SMILES string of the molecule is CCOc1cc(C)ccc1NCc1cccc(C)c1O. The number of aryl methyl sites for hydroxylation is 2. The smallest absolute Gasteiger partial charge is 0.142 e. The summed E-state index contributed by atoms with van der Waals surface area (Å²) in [6.07, 6.45) is 0. The Kier molecular flexibility index (Phi) is 4.51. The van der Waals surface area contributed by atoms with E-state index in [1.165, 1.54) is 0 Å². The maximum absolute atomic E-state index is 10.0. The largest absolute Gasteiger partial charge is 0.507 e. The molecule has 0 aliphatic rings. The van der Waals surface area contributed by atoms with Crippen LogP contribution < -0.4 is 10.1 Å². The van der Waals surface area contributed by atoms with Crippen molar-refractivity contribution in [2.45, 2.75) is 27.3 Å². The fourth-order valence-electron chi connectivity index (χ4n) is 2.10. The van der Waals surface area contributed by atoms with Crippen LogP contribution in [0.5, 0.6) is 11.5 Å². The van der Waals surface area contributed by atoms with Gasteiger partial charge in [-0.05, 0) is 44.0 Å². The van der Waals surface area contributed by atoms with E-state index in [1.54, 1.807) is 0 Å². The van der Waals surface area contributed by atoms with E-state index in [0.717, 1.165) is 28.1 Å². The Morgan fingerprint density at radius 2 is 1.95 bits per heavy atom. The zero-order chi connectivity index (χ0) is 14.5. The monoisotopic (exact) mass is 271 g/mol. The molecule has 2 rings (SSSR count). The third-order valence-corrected chi connectivity index (χ3v) is 3.23. The van der Waals surface area contributed by atoms with Gasteiger partial charge in [0.1, 0.15) is 11.5 Å². The highest BCUT2D eigenvalue weighted by Gasteiger charge is 2.06. The number of anilines is 1. The number of phenolic OH excluding ortho intramolecular Hbond substituents is 1. The third kappa shape index (κ3) is 3.23. The summed E-state index contributed by atoms with van der Waals surface area (Å²) in [4.78, 5) is 0. The molecule has 106 valence electrons. The van der Waals surface area contributed by atoms with Gasteiger partial charge in [0.05, 0.1) is 12.3 Å². The number of phenols is 1. The van der Waals surface area contributed by atoms with E-state index in [1.807, 2.05) is 57.2 Å². The molecule has 20 heavy (non-hydrogen) atoms. The topological polar surface area (TPSA) is 41.5 Å². The second kappa shape index (κ2) is 6.33. The van der Waals surface area contributed by atoms with Gasteiger partial charge in [0.25, 0.3) is 0 Å². The minimum atomic E-state index is 0.352. The lowest BCUT2D eigenvalue weighted by atomic mass is 10.1. The Morgan fingerprint density at radius 3 is 2.70 bits per heavy atom. The molecule has 2 aromatic rings. The van der Waals surface area contributed by atoms with Gasteiger partial charge in [-0.15, -0.1) is 0 Å². The molecule has 2 aromatic carbocycles. The molecular formula is C17H21NO2. The van der Waals surface area contributed by atoms with E-state index in [0.29, 0.717) is 18.9 Å². The Bertz CT molecular complexity index is 594. The number of nitrogens with one attached hydrogen (secondary N) is 1. The van der Waals surface area contributed by atoms with Crippen molar-refractivity contribution < 1.29 is 9.84 Å². The number of aromatic hydroxyl groups is 1. The molecule has 0 spiro atoms. The lowest BCUT2D eigenvalue weighted by molar-refractivity contribution is 0.341. The summed E-state index contributed by atoms with van der Waals surface area (Å²) < 4.78 is 5.64. The second-order valence-electron chi connectivity index (χ2n) is 4.87. The first-order chi connectivity index (χ1) is 9.61. The van der Waals surface area contributed by atoms with Crippen LogP contribution in [0, 0.1) is 13.8 Å². The van der Waals surface area contributed by atoms with Crippen LogP contribution in [0.4, 0.5) is 5.69 Å². The van der Waals surface area contributed by atoms with Crippen LogP contribution >= 0.6 is 0 Å². The van der Waals surface area contributed by atoms with Crippen molar-refractivity contribution in [2.24, 2.45) is 0 Å². The number of ether oxygens (including phenoxy) is 1. The van der Waals surface area contributed by atoms with Crippen LogP contribution in [0.3, 0.4) is 0 Å². The molecule has 0 bridgehead atoms. The average Bonchev–Trinajstić information content (AvgIpc) is 2.42. The Hall–Kier alpha value is -2.16. The third-order valence-electron chi connectivity index (χ3n) is 3.23. The van der Waals surface area contributed by atoms with Gasteiger partial charge in [-0.1, -0.05) is 24.3 Å². The summed E-state index contributed by atoms with van der Waals surface area (Å²) in [6.45, 7) is 7.11. The minimum Gasteiger partial charge on any atom is -0.507 e. The van der Waals surface area contributed by atoms with Crippen LogP contribution in [0.25, 0.3) is 0 Å². The predicted molar refractivity (Wildman–Crippen MR) is 82.5 cm³/mol. The molecule has 0 fully saturated rings. The maximum atomic E-state index is 10.0. The molecule has 0 saturated heterocycles. The van der Waals surface area contributed by atoms with Gasteiger partial charge in [0.15, 0.2) is 0 Å². The normalized spacial score (nSPS) is 10.3. The number of hydrogen-bond donors (Lipinski definition) is 2. The molecule has 0 aromatic heterocycles. The van der Waals surface area contributed by atoms with Gasteiger partial charge >= 0.3 is 0 Å². The van der Waals surface area contributed by atoms with Gasteiger partial charge < -0.3 is 15.2 Å². The number of benzene rings is 2. The molecular weight excluding hydrogens is 250 g/mol. The van der Waals surface area contributed by atoms with Crippen LogP contribution in [0.1, 0.15) is 23.6 Å². The van der Waals surface area contributed by atoms with Crippen LogP contribution in [-0.2, 0) is 6.54 Å². The first-order valence-electron chi connectivity index (χ1n) is 6.86. The molecule has 0 amide bonds. The number of rotatable bonds is 5. The van der Waals surface area contributed by atoms with E-state index in [9.17, 15) is 5.11 Å². The summed E-state index contributed by atoms with van der Waals surface area (Å²) in [5, 5.41) is 13.3. The van der Waals surface area contributed by atoms with Gasteiger partial charge in [0, 0.05) is 12.1 Å². The Morgan fingerprint density at radius 1 is 1.15 bits per heavy atom. The first-order valence-corrected chi connectivity index (χ1v) is 6.86. The molecule has 0 aliphatic carbocycles. The number of para-hydroxylation sites is 1. The second-order valence-corrected chi connectivity index (χ2v) is 4.87. The zero-order valence-electron chi connectivity index (χ0n) is 12.2. The predicted octanol–water partition coefficient (Wildman–Crippen LogP) is 4.02. The Balaban J connectivity index is 2.16. The van der Waals surface area contributed by atoms with Crippen molar-refractivity contribution in [2.75, 3.05) is 11.9 Å². The van der Waals surface area contributed by atoms with Crippen molar-refractivity contribution in [1.29, 1.82) is 0 Å². The van der Waals surface area contributed by atoms with Crippen molar-refractivity contribution in [3.05, 3.63) is 53.1 Å². The van der Waals surface area contributed by atoms with Gasteiger partial charge in [-0.25, -0.2) is 0 Å². The maximum Gasteiger partial charge on any atom is 0.142 e. The highest BCUT2D eigenvalue weighted by molar-refractivity contribution is 5.58. The fraction of sp³-hybridized carbons (Fsp3) is 0.294. The van der Waals surface area contributed by atoms with Crippen LogP contribution in [0.2, 0.25) is 0 Å². The van der Waals surface area contributed by atoms with Crippen LogP contribution in [-0.4, -0.2) is 11.7 Å². The first kappa shape index (κ1) is 14.3. The molecule has 2 N–H and O–H groups in total. The number of hydrogen-bond acceptors (Lipinski definition) is 3. The molecule has 0 heterocycles.